The number of aryl methyl sites for hydroxylation is 1. The first-order chi connectivity index (χ1) is 10.1. The Labute approximate surface area is 124 Å². The number of benzene rings is 1. The maximum atomic E-state index is 12.1. The molecule has 1 fully saturated rings. The molecule has 0 spiro atoms. The van der Waals surface area contributed by atoms with E-state index < -0.39 is 6.17 Å². The van der Waals surface area contributed by atoms with Gasteiger partial charge in [-0.2, -0.15) is 0 Å². The van der Waals surface area contributed by atoms with Crippen molar-refractivity contribution in [1.82, 2.24) is 9.96 Å². The van der Waals surface area contributed by atoms with Crippen molar-refractivity contribution in [3.63, 3.8) is 0 Å². The van der Waals surface area contributed by atoms with E-state index in [4.69, 9.17) is 11.1 Å². The van der Waals surface area contributed by atoms with Crippen molar-refractivity contribution in [2.45, 2.75) is 38.3 Å². The van der Waals surface area contributed by atoms with Crippen molar-refractivity contribution in [2.75, 3.05) is 6.54 Å². The molecule has 1 saturated heterocycles. The van der Waals surface area contributed by atoms with Crippen LogP contribution in [0.2, 0.25) is 0 Å². The Morgan fingerprint density at radius 1 is 1.38 bits per heavy atom. The summed E-state index contributed by atoms with van der Waals surface area (Å²) in [5.41, 5.74) is 6.58. The van der Waals surface area contributed by atoms with E-state index in [1.165, 1.54) is 0 Å². The van der Waals surface area contributed by atoms with Gasteiger partial charge in [-0.1, -0.05) is 30.3 Å². The van der Waals surface area contributed by atoms with Gasteiger partial charge < -0.3 is 10.6 Å². The van der Waals surface area contributed by atoms with Crippen LogP contribution in [0.1, 0.15) is 31.2 Å². The highest BCUT2D eigenvalue weighted by Crippen LogP contribution is 2.19. The molecule has 6 nitrogen and oxygen atoms in total. The minimum absolute atomic E-state index is 0.102. The molecule has 6 heteroatoms. The highest BCUT2D eigenvalue weighted by molar-refractivity contribution is 5.78. The number of hydrogen-bond acceptors (Lipinski definition) is 3. The summed E-state index contributed by atoms with van der Waals surface area (Å²) in [6.07, 6.45) is 2.78. The molecule has 1 aromatic rings. The summed E-state index contributed by atoms with van der Waals surface area (Å²) in [5.74, 6) is -0.438. The molecule has 0 radical (unpaired) electrons. The highest BCUT2D eigenvalue weighted by Gasteiger charge is 2.31. The molecular formula is C15H22N4O2. The summed E-state index contributed by atoms with van der Waals surface area (Å²) >= 11 is 0. The molecule has 1 heterocycles. The zero-order valence-corrected chi connectivity index (χ0v) is 12.0. The van der Waals surface area contributed by atoms with Crippen LogP contribution in [-0.2, 0) is 11.2 Å². The number of hydrogen-bond donors (Lipinski definition) is 3. The second-order valence-electron chi connectivity index (χ2n) is 5.28. The molecule has 0 bridgehead atoms. The highest BCUT2D eigenvalue weighted by atomic mass is 16.5. The van der Waals surface area contributed by atoms with Crippen molar-refractivity contribution >= 4 is 11.9 Å². The van der Waals surface area contributed by atoms with Crippen molar-refractivity contribution in [3.05, 3.63) is 35.9 Å². The maximum absolute atomic E-state index is 12.1. The first-order valence-corrected chi connectivity index (χ1v) is 7.25. The van der Waals surface area contributed by atoms with Gasteiger partial charge >= 0.3 is 0 Å². The minimum atomic E-state index is -0.514. The van der Waals surface area contributed by atoms with Crippen LogP contribution in [0.3, 0.4) is 0 Å². The zero-order valence-electron chi connectivity index (χ0n) is 12.0. The van der Waals surface area contributed by atoms with E-state index in [-0.39, 0.29) is 18.3 Å². The number of guanidine groups is 1. The second-order valence-corrected chi connectivity index (χ2v) is 5.28. The summed E-state index contributed by atoms with van der Waals surface area (Å²) in [5, 5.41) is 18.4. The Morgan fingerprint density at radius 2 is 2.10 bits per heavy atom. The number of nitrogens with one attached hydrogen (secondary N) is 1. The fourth-order valence-electron chi connectivity index (χ4n) is 2.63. The Kier molecular flexibility index (Phi) is 5.16. The van der Waals surface area contributed by atoms with Gasteiger partial charge in [-0.15, -0.1) is 0 Å². The topological polar surface area (TPSA) is 93.7 Å². The van der Waals surface area contributed by atoms with Crippen LogP contribution in [0, 0.1) is 5.41 Å². The standard InChI is InChI=1S/C15H22N4O2/c16-15(17)18-11-5-4-8-13(18)19(21)14(20)10-9-12-6-2-1-3-7-12/h1-3,6-7,13,21H,4-5,8-11H2,(H3,16,17). The molecule has 0 aromatic heterocycles. The van der Waals surface area contributed by atoms with Gasteiger partial charge in [-0.25, -0.2) is 5.06 Å². The van der Waals surface area contributed by atoms with E-state index in [2.05, 4.69) is 0 Å². The lowest BCUT2D eigenvalue weighted by molar-refractivity contribution is -0.191. The lowest BCUT2D eigenvalue weighted by atomic mass is 10.1. The number of piperidine rings is 1. The molecule has 0 saturated carbocycles. The molecule has 2 rings (SSSR count). The van der Waals surface area contributed by atoms with Crippen LogP contribution in [0.15, 0.2) is 30.3 Å². The maximum Gasteiger partial charge on any atom is 0.248 e. The third kappa shape index (κ3) is 3.95. The number of hydroxylamine groups is 2. The van der Waals surface area contributed by atoms with Crippen molar-refractivity contribution in [3.8, 4) is 0 Å². The average Bonchev–Trinajstić information content (AvgIpc) is 2.52. The smallest absolute Gasteiger partial charge is 0.248 e. The Hall–Kier alpha value is -2.08. The fraction of sp³-hybridized carbons (Fsp3) is 0.467. The second kappa shape index (κ2) is 7.08. The zero-order chi connectivity index (χ0) is 15.2. The lowest BCUT2D eigenvalue weighted by Gasteiger charge is -2.39. The summed E-state index contributed by atoms with van der Waals surface area (Å²) in [6.45, 7) is 0.600. The largest absolute Gasteiger partial charge is 0.370 e. The Morgan fingerprint density at radius 3 is 2.76 bits per heavy atom. The molecule has 1 aliphatic rings. The van der Waals surface area contributed by atoms with E-state index in [9.17, 15) is 10.0 Å². The van der Waals surface area contributed by atoms with Crippen molar-refractivity contribution in [1.29, 1.82) is 5.41 Å². The minimum Gasteiger partial charge on any atom is -0.370 e. The van der Waals surface area contributed by atoms with Crippen LogP contribution >= 0.6 is 0 Å². The van der Waals surface area contributed by atoms with Gasteiger partial charge in [0.05, 0.1) is 0 Å². The number of likely N-dealkylation sites (tertiary alicyclic amines) is 1. The van der Waals surface area contributed by atoms with E-state index in [1.54, 1.807) is 4.90 Å². The molecule has 1 aliphatic heterocycles. The molecule has 0 aliphatic carbocycles. The van der Waals surface area contributed by atoms with Gasteiger partial charge in [-0.05, 0) is 31.2 Å². The van der Waals surface area contributed by atoms with Gasteiger partial charge in [-0.3, -0.25) is 15.4 Å². The molecular weight excluding hydrogens is 268 g/mol. The number of carbonyl (C=O) groups excluding carboxylic acids is 1. The molecule has 4 N–H and O–H groups in total. The van der Waals surface area contributed by atoms with Gasteiger partial charge in [0.25, 0.3) is 0 Å². The third-order valence-corrected chi connectivity index (χ3v) is 3.79. The van der Waals surface area contributed by atoms with Crippen LogP contribution in [-0.4, -0.2) is 39.7 Å². The molecule has 1 atom stereocenters. The first-order valence-electron chi connectivity index (χ1n) is 7.25. The number of rotatable bonds is 4. The van der Waals surface area contributed by atoms with Gasteiger partial charge in [0.2, 0.25) is 5.91 Å². The molecule has 114 valence electrons. The Balaban J connectivity index is 1.93. The van der Waals surface area contributed by atoms with Gasteiger partial charge in [0, 0.05) is 13.0 Å². The van der Waals surface area contributed by atoms with Gasteiger partial charge in [0.1, 0.15) is 6.17 Å². The van der Waals surface area contributed by atoms with Gasteiger partial charge in [0.15, 0.2) is 5.96 Å². The van der Waals surface area contributed by atoms with Crippen molar-refractivity contribution < 1.29 is 10.0 Å². The summed E-state index contributed by atoms with van der Waals surface area (Å²) in [7, 11) is 0. The quantitative estimate of drug-likeness (QED) is 0.339. The van der Waals surface area contributed by atoms with E-state index in [0.717, 1.165) is 23.5 Å². The van der Waals surface area contributed by atoms with E-state index in [0.29, 0.717) is 19.4 Å². The molecule has 1 aromatic carbocycles. The first kappa shape index (κ1) is 15.3. The monoisotopic (exact) mass is 290 g/mol. The number of nitrogens with two attached hydrogens (primary N) is 1. The normalized spacial score (nSPS) is 18.3. The predicted molar refractivity (Wildman–Crippen MR) is 79.7 cm³/mol. The van der Waals surface area contributed by atoms with Crippen LogP contribution in [0.25, 0.3) is 0 Å². The van der Waals surface area contributed by atoms with E-state index in [1.807, 2.05) is 30.3 Å². The number of carbonyl (C=O) groups is 1. The summed E-state index contributed by atoms with van der Waals surface area (Å²) in [4.78, 5) is 13.7. The fourth-order valence-corrected chi connectivity index (χ4v) is 2.63. The molecule has 1 amide bonds. The molecule has 21 heavy (non-hydrogen) atoms. The van der Waals surface area contributed by atoms with Crippen molar-refractivity contribution in [2.24, 2.45) is 5.73 Å². The number of nitrogens with zero attached hydrogens (tertiary/aromatic N) is 2. The average molecular weight is 290 g/mol. The van der Waals surface area contributed by atoms with Crippen LogP contribution < -0.4 is 5.73 Å². The third-order valence-electron chi connectivity index (χ3n) is 3.79. The van der Waals surface area contributed by atoms with Crippen LogP contribution in [0.4, 0.5) is 0 Å². The SMILES string of the molecule is N=C(N)N1CCCCC1N(O)C(=O)CCc1ccccc1. The summed E-state index contributed by atoms with van der Waals surface area (Å²) in [6, 6.07) is 9.69. The Bertz CT molecular complexity index is 492. The van der Waals surface area contributed by atoms with Crippen LogP contribution in [0.5, 0.6) is 0 Å². The lowest BCUT2D eigenvalue weighted by Crippen LogP contribution is -2.55. The predicted octanol–water partition coefficient (Wildman–Crippen LogP) is 1.54. The summed E-state index contributed by atoms with van der Waals surface area (Å²) < 4.78 is 0. The molecule has 1 unspecified atom stereocenters. The number of amides is 1. The van der Waals surface area contributed by atoms with E-state index >= 15 is 0 Å².